The summed E-state index contributed by atoms with van der Waals surface area (Å²) in [5.74, 6) is -0.322. The average Bonchev–Trinajstić information content (AvgIpc) is 3.10. The van der Waals surface area contributed by atoms with Gasteiger partial charge in [0, 0.05) is 38.4 Å². The summed E-state index contributed by atoms with van der Waals surface area (Å²) in [7, 11) is 0. The molecule has 1 aromatic carbocycles. The van der Waals surface area contributed by atoms with Crippen molar-refractivity contribution in [3.63, 3.8) is 0 Å². The van der Waals surface area contributed by atoms with Crippen LogP contribution in [0.4, 0.5) is 15.8 Å². The number of fused-ring (bicyclic) bond motifs is 2. The van der Waals surface area contributed by atoms with Crippen molar-refractivity contribution in [2.75, 3.05) is 36.8 Å². The van der Waals surface area contributed by atoms with Crippen molar-refractivity contribution < 1.29 is 9.18 Å². The van der Waals surface area contributed by atoms with Gasteiger partial charge >= 0.3 is 0 Å². The SMILES string of the molecule is Cc1cnc2c(N)c(C(=O)NC3CCc4c(ccc(N5CCNCC5)c4F)C3)sc2n1. The molecule has 9 heteroatoms. The van der Waals surface area contributed by atoms with Crippen molar-refractivity contribution in [2.24, 2.45) is 0 Å². The van der Waals surface area contributed by atoms with Gasteiger partial charge in [-0.25, -0.2) is 14.4 Å². The van der Waals surface area contributed by atoms with Gasteiger partial charge in [-0.1, -0.05) is 6.07 Å². The number of benzene rings is 1. The summed E-state index contributed by atoms with van der Waals surface area (Å²) in [6.45, 7) is 5.23. The monoisotopic (exact) mass is 440 g/mol. The Morgan fingerprint density at radius 1 is 1.35 bits per heavy atom. The molecule has 0 bridgehead atoms. The molecule has 3 heterocycles. The van der Waals surface area contributed by atoms with E-state index in [1.54, 1.807) is 6.20 Å². The van der Waals surface area contributed by atoms with Crippen LogP contribution < -0.4 is 21.3 Å². The number of hydrogen-bond acceptors (Lipinski definition) is 7. The van der Waals surface area contributed by atoms with Crippen LogP contribution in [-0.4, -0.2) is 48.1 Å². The second kappa shape index (κ2) is 8.05. The predicted molar refractivity (Wildman–Crippen MR) is 121 cm³/mol. The number of anilines is 2. The Bertz CT molecular complexity index is 1160. The van der Waals surface area contributed by atoms with Crippen molar-refractivity contribution in [3.05, 3.63) is 45.8 Å². The third-order valence-electron chi connectivity index (χ3n) is 6.09. The van der Waals surface area contributed by atoms with E-state index in [0.29, 0.717) is 45.9 Å². The molecule has 31 heavy (non-hydrogen) atoms. The molecule has 1 saturated heterocycles. The fourth-order valence-electron chi connectivity index (χ4n) is 4.46. The first-order chi connectivity index (χ1) is 15.0. The predicted octanol–water partition coefficient (Wildman–Crippen LogP) is 2.42. The van der Waals surface area contributed by atoms with Crippen LogP contribution in [0.3, 0.4) is 0 Å². The Morgan fingerprint density at radius 2 is 2.16 bits per heavy atom. The van der Waals surface area contributed by atoms with Crippen LogP contribution in [0.1, 0.15) is 32.9 Å². The highest BCUT2D eigenvalue weighted by atomic mass is 32.1. The molecule has 0 saturated carbocycles. The molecule has 0 radical (unpaired) electrons. The number of aryl methyl sites for hydroxylation is 1. The summed E-state index contributed by atoms with van der Waals surface area (Å²) in [5.41, 5.74) is 10.3. The quantitative estimate of drug-likeness (QED) is 0.579. The molecule has 0 spiro atoms. The summed E-state index contributed by atoms with van der Waals surface area (Å²) >= 11 is 1.26. The molecule has 1 aliphatic heterocycles. The number of nitrogens with zero attached hydrogens (tertiary/aromatic N) is 3. The Balaban J connectivity index is 1.32. The molecule has 1 amide bonds. The molecular formula is C22H25FN6OS. The largest absolute Gasteiger partial charge is 0.396 e. The van der Waals surface area contributed by atoms with Crippen molar-refractivity contribution in [1.29, 1.82) is 0 Å². The lowest BCUT2D eigenvalue weighted by Gasteiger charge is -2.32. The molecule has 5 rings (SSSR count). The smallest absolute Gasteiger partial charge is 0.263 e. The summed E-state index contributed by atoms with van der Waals surface area (Å²) in [5, 5.41) is 6.38. The maximum absolute atomic E-state index is 15.2. The number of aromatic nitrogens is 2. The molecule has 4 N–H and O–H groups in total. The van der Waals surface area contributed by atoms with Gasteiger partial charge in [-0.3, -0.25) is 4.79 Å². The minimum atomic E-state index is -0.216. The zero-order chi connectivity index (χ0) is 21.5. The van der Waals surface area contributed by atoms with Crippen molar-refractivity contribution >= 4 is 39.0 Å². The number of thiophene rings is 1. The first-order valence-corrected chi connectivity index (χ1v) is 11.4. The minimum Gasteiger partial charge on any atom is -0.396 e. The van der Waals surface area contributed by atoms with E-state index >= 15 is 4.39 Å². The summed E-state index contributed by atoms with van der Waals surface area (Å²) in [4.78, 5) is 24.8. The van der Waals surface area contributed by atoms with Gasteiger partial charge in [-0.05, 0) is 43.4 Å². The van der Waals surface area contributed by atoms with Crippen LogP contribution in [0.2, 0.25) is 0 Å². The Hall–Kier alpha value is -2.78. The van der Waals surface area contributed by atoms with Gasteiger partial charge < -0.3 is 21.3 Å². The number of nitrogens with one attached hydrogen (secondary N) is 2. The fourth-order valence-corrected chi connectivity index (χ4v) is 5.46. The summed E-state index contributed by atoms with van der Waals surface area (Å²) in [6.07, 6.45) is 3.56. The number of hydrogen-bond donors (Lipinski definition) is 3. The third kappa shape index (κ3) is 3.72. The van der Waals surface area contributed by atoms with Gasteiger partial charge in [0.2, 0.25) is 0 Å². The second-order valence-corrected chi connectivity index (χ2v) is 9.20. The van der Waals surface area contributed by atoms with Crippen molar-refractivity contribution in [1.82, 2.24) is 20.6 Å². The zero-order valence-corrected chi connectivity index (χ0v) is 18.2. The molecule has 1 unspecified atom stereocenters. The number of rotatable bonds is 3. The van der Waals surface area contributed by atoms with E-state index in [-0.39, 0.29) is 17.8 Å². The van der Waals surface area contributed by atoms with Gasteiger partial charge in [-0.2, -0.15) is 0 Å². The van der Waals surface area contributed by atoms with Crippen LogP contribution in [-0.2, 0) is 12.8 Å². The average molecular weight is 441 g/mol. The number of nitrogens with two attached hydrogens (primary N) is 1. The molecule has 7 nitrogen and oxygen atoms in total. The lowest BCUT2D eigenvalue weighted by Crippen LogP contribution is -2.44. The Morgan fingerprint density at radius 3 is 2.97 bits per heavy atom. The number of carbonyl (C=O) groups is 1. The first kappa shape index (κ1) is 20.1. The third-order valence-corrected chi connectivity index (χ3v) is 7.17. The van der Waals surface area contributed by atoms with Crippen LogP contribution in [0.15, 0.2) is 18.3 Å². The van der Waals surface area contributed by atoms with Crippen LogP contribution in [0.5, 0.6) is 0 Å². The van der Waals surface area contributed by atoms with Gasteiger partial charge in [0.15, 0.2) is 0 Å². The van der Waals surface area contributed by atoms with Gasteiger partial charge in [0.1, 0.15) is 21.0 Å². The van der Waals surface area contributed by atoms with E-state index in [1.807, 2.05) is 19.1 Å². The molecule has 162 valence electrons. The molecule has 1 aliphatic carbocycles. The second-order valence-electron chi connectivity index (χ2n) is 8.20. The molecule has 3 aromatic rings. The highest BCUT2D eigenvalue weighted by Crippen LogP contribution is 2.33. The number of nitrogen functional groups attached to an aromatic ring is 1. The first-order valence-electron chi connectivity index (χ1n) is 10.6. The Kier molecular flexibility index (Phi) is 5.23. The van der Waals surface area contributed by atoms with Crippen LogP contribution in [0.25, 0.3) is 10.3 Å². The van der Waals surface area contributed by atoms with E-state index in [1.165, 1.54) is 11.3 Å². The lowest BCUT2D eigenvalue weighted by atomic mass is 9.87. The topological polar surface area (TPSA) is 96.2 Å². The van der Waals surface area contributed by atoms with E-state index in [4.69, 9.17) is 5.73 Å². The van der Waals surface area contributed by atoms with Gasteiger partial charge in [-0.15, -0.1) is 11.3 Å². The molecule has 1 atom stereocenters. The van der Waals surface area contributed by atoms with Gasteiger partial charge in [0.25, 0.3) is 5.91 Å². The highest BCUT2D eigenvalue weighted by Gasteiger charge is 2.27. The number of piperazine rings is 1. The normalized spacial score (nSPS) is 18.8. The standard InChI is InChI=1S/C22H25FN6OS/c1-12-11-26-19-18(24)20(31-22(19)27-12)21(30)28-14-3-4-15-13(10-14)2-5-16(17(15)23)29-8-6-25-7-9-29/h2,5,11,14,25H,3-4,6-10,24H2,1H3,(H,28,30). The minimum absolute atomic E-state index is 0.0586. The molecule has 2 aromatic heterocycles. The number of carbonyl (C=O) groups excluding carboxylic acids is 1. The van der Waals surface area contributed by atoms with Crippen molar-refractivity contribution in [2.45, 2.75) is 32.2 Å². The number of amides is 1. The van der Waals surface area contributed by atoms with Crippen LogP contribution >= 0.6 is 11.3 Å². The van der Waals surface area contributed by atoms with E-state index in [2.05, 4.69) is 25.5 Å². The van der Waals surface area contributed by atoms with E-state index in [0.717, 1.165) is 43.0 Å². The van der Waals surface area contributed by atoms with Gasteiger partial charge in [0.05, 0.1) is 17.1 Å². The van der Waals surface area contributed by atoms with E-state index < -0.39 is 0 Å². The zero-order valence-electron chi connectivity index (χ0n) is 17.4. The van der Waals surface area contributed by atoms with E-state index in [9.17, 15) is 4.79 Å². The fraction of sp³-hybridized carbons (Fsp3) is 0.409. The highest BCUT2D eigenvalue weighted by molar-refractivity contribution is 7.21. The Labute approximate surface area is 183 Å². The molecular weight excluding hydrogens is 415 g/mol. The molecule has 1 fully saturated rings. The molecule has 2 aliphatic rings. The summed E-state index contributed by atoms with van der Waals surface area (Å²) in [6, 6.07) is 3.84. The maximum Gasteiger partial charge on any atom is 0.263 e. The lowest BCUT2D eigenvalue weighted by molar-refractivity contribution is 0.0938. The number of halogens is 1. The summed E-state index contributed by atoms with van der Waals surface area (Å²) < 4.78 is 15.2. The van der Waals surface area contributed by atoms with Crippen LogP contribution in [0, 0.1) is 12.7 Å². The van der Waals surface area contributed by atoms with Crippen molar-refractivity contribution in [3.8, 4) is 0 Å². The maximum atomic E-state index is 15.2.